The number of rotatable bonds is 4. The van der Waals surface area contributed by atoms with Gasteiger partial charge in [-0.3, -0.25) is 18.1 Å². The molecule has 0 amide bonds. The van der Waals surface area contributed by atoms with Crippen LogP contribution in [-0.4, -0.2) is 57.2 Å². The summed E-state index contributed by atoms with van der Waals surface area (Å²) in [5.41, 5.74) is 4.24. The van der Waals surface area contributed by atoms with Crippen molar-refractivity contribution in [3.8, 4) is 5.88 Å². The Labute approximate surface area is 178 Å². The molecule has 5 atom stereocenters. The second-order valence-electron chi connectivity index (χ2n) is 8.23. The third kappa shape index (κ3) is 3.60. The fourth-order valence-corrected chi connectivity index (χ4v) is 6.17. The number of nitrogen functional groups attached to an aromatic ring is 1. The average Bonchev–Trinajstić information content (AvgIpc) is 3.26. The van der Waals surface area contributed by atoms with E-state index in [1.54, 1.807) is 0 Å². The molecule has 0 radical (unpaired) electrons. The number of anilines is 1. The van der Waals surface area contributed by atoms with Gasteiger partial charge in [0.1, 0.15) is 12.2 Å². The quantitative estimate of drug-likeness (QED) is 0.683. The molecule has 13 heteroatoms. The number of nitrogens with two attached hydrogens (primary N) is 1. The monoisotopic (exact) mass is 457 g/mol. The van der Waals surface area contributed by atoms with Crippen LogP contribution >= 0.6 is 7.82 Å². The van der Waals surface area contributed by atoms with Crippen LogP contribution in [0.3, 0.4) is 0 Å². The van der Waals surface area contributed by atoms with Crippen LogP contribution in [0, 0.1) is 0 Å². The molecule has 0 aromatic carbocycles. The van der Waals surface area contributed by atoms with E-state index in [0.29, 0.717) is 5.52 Å². The van der Waals surface area contributed by atoms with Gasteiger partial charge in [-0.25, -0.2) is 13.9 Å². The van der Waals surface area contributed by atoms with Crippen molar-refractivity contribution < 1.29 is 32.0 Å². The van der Waals surface area contributed by atoms with Gasteiger partial charge in [0.25, 0.3) is 0 Å². The first-order valence-electron chi connectivity index (χ1n) is 10.3. The molecule has 3 fully saturated rings. The van der Waals surface area contributed by atoms with E-state index >= 15 is 4.39 Å². The van der Waals surface area contributed by atoms with E-state index < -0.39 is 31.9 Å². The van der Waals surface area contributed by atoms with Gasteiger partial charge in [0.05, 0.1) is 26.1 Å². The number of ether oxygens (including phenoxy) is 2. The van der Waals surface area contributed by atoms with Crippen molar-refractivity contribution in [2.24, 2.45) is 0 Å². The van der Waals surface area contributed by atoms with Gasteiger partial charge in [-0.15, -0.1) is 0 Å². The van der Waals surface area contributed by atoms with E-state index in [1.807, 2.05) is 0 Å². The van der Waals surface area contributed by atoms with Crippen molar-refractivity contribution in [2.45, 2.75) is 69.2 Å². The molecule has 1 aliphatic carbocycles. The van der Waals surface area contributed by atoms with Crippen molar-refractivity contribution in [2.75, 3.05) is 19.5 Å². The average molecular weight is 457 g/mol. The number of hydrogen-bond acceptors (Lipinski definition) is 10. The number of fused-ring (bicyclic) bond motifs is 2. The molecular weight excluding hydrogens is 432 g/mol. The third-order valence-corrected chi connectivity index (χ3v) is 7.51. The van der Waals surface area contributed by atoms with Crippen LogP contribution in [0.15, 0.2) is 6.33 Å². The molecule has 0 unspecified atom stereocenters. The van der Waals surface area contributed by atoms with Crippen LogP contribution in [0.4, 0.5) is 10.3 Å². The minimum absolute atomic E-state index is 0.0490. The van der Waals surface area contributed by atoms with Crippen LogP contribution in [0.1, 0.15) is 45.3 Å². The van der Waals surface area contributed by atoms with Gasteiger partial charge in [0, 0.05) is 0 Å². The molecule has 4 heterocycles. The Balaban J connectivity index is 1.42. The predicted molar refractivity (Wildman–Crippen MR) is 106 cm³/mol. The number of phosphoric ester groups is 1. The van der Waals surface area contributed by atoms with Crippen LogP contribution in [0.5, 0.6) is 5.88 Å². The molecule has 2 N–H and O–H groups in total. The first kappa shape index (κ1) is 21.0. The first-order valence-corrected chi connectivity index (χ1v) is 11.8. The molecule has 5 rings (SSSR count). The Kier molecular flexibility index (Phi) is 5.17. The molecule has 2 saturated heterocycles. The molecule has 2 aromatic heterocycles. The molecule has 11 nitrogen and oxygen atoms in total. The molecule has 0 bridgehead atoms. The van der Waals surface area contributed by atoms with E-state index in [-0.39, 0.29) is 30.2 Å². The zero-order chi connectivity index (χ0) is 21.8. The summed E-state index contributed by atoms with van der Waals surface area (Å²) in [4.78, 5) is 12.4. The van der Waals surface area contributed by atoms with Crippen molar-refractivity contribution in [1.82, 2.24) is 19.5 Å². The highest BCUT2D eigenvalue weighted by Gasteiger charge is 2.62. The van der Waals surface area contributed by atoms with E-state index in [0.717, 1.165) is 32.1 Å². The number of nitrogens with zero attached hydrogens (tertiary/aromatic N) is 4. The molecule has 2 aliphatic heterocycles. The molecule has 1 saturated carbocycles. The van der Waals surface area contributed by atoms with Crippen molar-refractivity contribution >= 4 is 24.9 Å². The smallest absolute Gasteiger partial charge is 0.475 e. The van der Waals surface area contributed by atoms with Gasteiger partial charge in [0.15, 0.2) is 23.1 Å². The minimum atomic E-state index is -3.91. The number of hydrogen-bond donors (Lipinski definition) is 1. The first-order chi connectivity index (χ1) is 14.8. The highest BCUT2D eigenvalue weighted by molar-refractivity contribution is 7.48. The van der Waals surface area contributed by atoms with E-state index in [4.69, 9.17) is 28.8 Å². The van der Waals surface area contributed by atoms with E-state index in [9.17, 15) is 4.57 Å². The topological polar surface area (TPSA) is 133 Å². The SMILES string of the molecule is COc1nc(N)nc2c1ncn2[C@@H]1O[C@@H]2CO[P@](=O)(OC3CCCCC3)O[C@H]2[C@@]1(C)F. The van der Waals surface area contributed by atoms with Crippen molar-refractivity contribution in [3.05, 3.63) is 6.33 Å². The largest absolute Gasteiger partial charge is 0.479 e. The molecule has 31 heavy (non-hydrogen) atoms. The van der Waals surface area contributed by atoms with E-state index in [2.05, 4.69) is 15.0 Å². The van der Waals surface area contributed by atoms with Gasteiger partial charge in [-0.1, -0.05) is 19.3 Å². The Hall–Kier alpha value is -1.85. The summed E-state index contributed by atoms with van der Waals surface area (Å²) < 4.78 is 58.4. The second kappa shape index (κ2) is 7.63. The number of aromatic nitrogens is 4. The highest BCUT2D eigenvalue weighted by atomic mass is 31.2. The normalized spacial score (nSPS) is 36.5. The van der Waals surface area contributed by atoms with Crippen molar-refractivity contribution in [3.63, 3.8) is 0 Å². The number of imidazole rings is 1. The van der Waals surface area contributed by atoms with Gasteiger partial charge in [-0.2, -0.15) is 9.97 Å². The number of halogens is 1. The highest BCUT2D eigenvalue weighted by Crippen LogP contribution is 2.60. The summed E-state index contributed by atoms with van der Waals surface area (Å²) in [7, 11) is -2.49. The lowest BCUT2D eigenvalue weighted by Gasteiger charge is -2.35. The molecule has 3 aliphatic rings. The lowest BCUT2D eigenvalue weighted by Crippen LogP contribution is -2.45. The summed E-state index contributed by atoms with van der Waals surface area (Å²) in [6.07, 6.45) is 2.71. The minimum Gasteiger partial charge on any atom is -0.479 e. The zero-order valence-corrected chi connectivity index (χ0v) is 18.2. The maximum atomic E-state index is 16.1. The maximum Gasteiger partial charge on any atom is 0.475 e. The lowest BCUT2D eigenvalue weighted by molar-refractivity contribution is -0.0763. The van der Waals surface area contributed by atoms with Crippen LogP contribution < -0.4 is 10.5 Å². The molecule has 170 valence electrons. The third-order valence-electron chi connectivity index (χ3n) is 6.00. The Morgan fingerprint density at radius 3 is 2.84 bits per heavy atom. The Morgan fingerprint density at radius 2 is 2.10 bits per heavy atom. The van der Waals surface area contributed by atoms with Crippen molar-refractivity contribution in [1.29, 1.82) is 0 Å². The fourth-order valence-electron chi connectivity index (χ4n) is 4.47. The summed E-state index contributed by atoms with van der Waals surface area (Å²) >= 11 is 0. The van der Waals surface area contributed by atoms with Gasteiger partial charge < -0.3 is 15.2 Å². The van der Waals surface area contributed by atoms with Crippen LogP contribution in [-0.2, 0) is 22.9 Å². The van der Waals surface area contributed by atoms with Crippen LogP contribution in [0.2, 0.25) is 0 Å². The molecule has 0 spiro atoms. The zero-order valence-electron chi connectivity index (χ0n) is 17.3. The standard InChI is InChI=1S/C18H25FN5O6P/c1-18(19)13-11(8-27-31(25,30-13)29-10-6-4-3-5-7-10)28-16(18)24-9-21-12-14(24)22-17(20)23-15(12)26-2/h9-11,13,16H,3-8H2,1-2H3,(H2,20,22,23)/t11-,13-,16-,18-,31-/m1/s1. The molecular formula is C18H25FN5O6P. The second-order valence-corrected chi connectivity index (χ2v) is 9.80. The number of phosphoric acid groups is 1. The summed E-state index contributed by atoms with van der Waals surface area (Å²) in [6, 6.07) is 0. The lowest BCUT2D eigenvalue weighted by atomic mass is 9.98. The van der Waals surface area contributed by atoms with E-state index in [1.165, 1.54) is 24.9 Å². The number of methoxy groups -OCH3 is 1. The van der Waals surface area contributed by atoms with Gasteiger partial charge >= 0.3 is 7.82 Å². The Morgan fingerprint density at radius 1 is 1.32 bits per heavy atom. The summed E-state index contributed by atoms with van der Waals surface area (Å²) in [6.45, 7) is 1.21. The van der Waals surface area contributed by atoms with Gasteiger partial charge in [-0.05, 0) is 19.8 Å². The number of alkyl halides is 1. The summed E-state index contributed by atoms with van der Waals surface area (Å²) in [5.74, 6) is 0.120. The maximum absolute atomic E-state index is 16.1. The summed E-state index contributed by atoms with van der Waals surface area (Å²) in [5, 5.41) is 0. The van der Waals surface area contributed by atoms with Crippen LogP contribution in [0.25, 0.3) is 11.2 Å². The fraction of sp³-hybridized carbons (Fsp3) is 0.722. The predicted octanol–water partition coefficient (Wildman–Crippen LogP) is 2.92. The molecule has 2 aromatic rings. The van der Waals surface area contributed by atoms with Gasteiger partial charge in [0.2, 0.25) is 11.8 Å². The Bertz CT molecular complexity index is 1030.